The summed E-state index contributed by atoms with van der Waals surface area (Å²) in [6.07, 6.45) is 13.5. The lowest BCUT2D eigenvalue weighted by molar-refractivity contribution is -0.114. The van der Waals surface area contributed by atoms with Gasteiger partial charge in [0.05, 0.1) is 0 Å². The van der Waals surface area contributed by atoms with Crippen LogP contribution in [0.4, 0.5) is 0 Å². The normalized spacial score (nSPS) is 12.6. The molecule has 0 radical (unpaired) electrons. The molecule has 0 aromatic heterocycles. The van der Waals surface area contributed by atoms with Crippen LogP contribution in [0.25, 0.3) is 0 Å². The maximum Gasteiger partial charge on any atom is 0.188 e. The van der Waals surface area contributed by atoms with Gasteiger partial charge in [-0.2, -0.15) is 0 Å². The van der Waals surface area contributed by atoms with Crippen LogP contribution in [0.2, 0.25) is 0 Å². The van der Waals surface area contributed by atoms with Crippen LogP contribution in [0, 0.1) is 5.92 Å². The first kappa shape index (κ1) is 17.0. The molecule has 0 bridgehead atoms. The van der Waals surface area contributed by atoms with Gasteiger partial charge in [0.25, 0.3) is 0 Å². The van der Waals surface area contributed by atoms with Crippen LogP contribution in [0.5, 0.6) is 0 Å². The lowest BCUT2D eigenvalue weighted by atomic mass is 9.95. The first-order chi connectivity index (χ1) is 8.22. The summed E-state index contributed by atoms with van der Waals surface area (Å²) in [6, 6.07) is 0. The van der Waals surface area contributed by atoms with Gasteiger partial charge in [-0.1, -0.05) is 71.6 Å². The molecule has 0 N–H and O–H groups in total. The van der Waals surface area contributed by atoms with Crippen molar-refractivity contribution in [2.24, 2.45) is 5.92 Å². The maximum atomic E-state index is 11.4. The third-order valence-corrected chi connectivity index (χ3v) is 3.78. The third kappa shape index (κ3) is 10.9. The predicted molar refractivity (Wildman–Crippen MR) is 79.6 cm³/mol. The standard InChI is InChI=1S/C15H30OS/c1-3-5-7-9-11-13-14(15(16)17)12-10-8-6-4-2/h14H,3-13H2,1-2H3,(H,16,17). The van der Waals surface area contributed by atoms with Gasteiger partial charge in [0.2, 0.25) is 0 Å². The van der Waals surface area contributed by atoms with E-state index in [-0.39, 0.29) is 11.0 Å². The molecule has 102 valence electrons. The summed E-state index contributed by atoms with van der Waals surface area (Å²) in [5.41, 5.74) is 0. The summed E-state index contributed by atoms with van der Waals surface area (Å²) in [7, 11) is 0. The van der Waals surface area contributed by atoms with Crippen LogP contribution >= 0.6 is 12.6 Å². The van der Waals surface area contributed by atoms with Gasteiger partial charge in [-0.3, -0.25) is 4.79 Å². The Labute approximate surface area is 113 Å². The molecule has 0 aromatic carbocycles. The van der Waals surface area contributed by atoms with Crippen LogP contribution in [0.15, 0.2) is 0 Å². The molecule has 0 rings (SSSR count). The molecule has 0 amide bonds. The Balaban J connectivity index is 3.57. The van der Waals surface area contributed by atoms with Gasteiger partial charge in [0.15, 0.2) is 5.12 Å². The van der Waals surface area contributed by atoms with Gasteiger partial charge in [-0.15, -0.1) is 12.6 Å². The molecule has 0 aliphatic rings. The molecule has 0 spiro atoms. The highest BCUT2D eigenvalue weighted by molar-refractivity contribution is 7.96. The van der Waals surface area contributed by atoms with Crippen LogP contribution in [-0.2, 0) is 4.79 Å². The van der Waals surface area contributed by atoms with E-state index >= 15 is 0 Å². The second-order valence-electron chi connectivity index (χ2n) is 5.09. The zero-order chi connectivity index (χ0) is 12.9. The molecule has 0 heterocycles. The Bertz CT molecular complexity index is 180. The highest BCUT2D eigenvalue weighted by Gasteiger charge is 2.13. The molecule has 0 aliphatic carbocycles. The Kier molecular flexibility index (Phi) is 12.5. The minimum absolute atomic E-state index is 0.108. The smallest absolute Gasteiger partial charge is 0.188 e. The highest BCUT2D eigenvalue weighted by atomic mass is 32.1. The fourth-order valence-corrected chi connectivity index (χ4v) is 2.46. The summed E-state index contributed by atoms with van der Waals surface area (Å²) < 4.78 is 0. The molecule has 1 nitrogen and oxygen atoms in total. The second-order valence-corrected chi connectivity index (χ2v) is 5.53. The third-order valence-electron chi connectivity index (χ3n) is 3.41. The van der Waals surface area contributed by atoms with E-state index < -0.39 is 0 Å². The van der Waals surface area contributed by atoms with E-state index in [1.165, 1.54) is 57.8 Å². The molecule has 0 saturated carbocycles. The molecule has 0 aromatic rings. The Hall–Kier alpha value is 0.0200. The number of hydrogen-bond donors (Lipinski definition) is 1. The lowest BCUT2D eigenvalue weighted by Gasteiger charge is -2.12. The van der Waals surface area contributed by atoms with Gasteiger partial charge in [-0.25, -0.2) is 0 Å². The van der Waals surface area contributed by atoms with E-state index in [9.17, 15) is 4.79 Å². The summed E-state index contributed by atoms with van der Waals surface area (Å²) in [6.45, 7) is 4.45. The van der Waals surface area contributed by atoms with Gasteiger partial charge in [-0.05, 0) is 12.8 Å². The van der Waals surface area contributed by atoms with Crippen LogP contribution < -0.4 is 0 Å². The van der Waals surface area contributed by atoms with Crippen LogP contribution in [0.1, 0.15) is 84.5 Å². The SMILES string of the molecule is CCCCCCCC(CCCCCC)C(=O)S. The summed E-state index contributed by atoms with van der Waals surface area (Å²) in [4.78, 5) is 11.4. The quantitative estimate of drug-likeness (QED) is 0.367. The first-order valence-corrected chi connectivity index (χ1v) is 7.89. The number of carbonyl (C=O) groups is 1. The number of thiol groups is 1. The van der Waals surface area contributed by atoms with Gasteiger partial charge < -0.3 is 0 Å². The van der Waals surface area contributed by atoms with E-state index in [1.807, 2.05) is 0 Å². The first-order valence-electron chi connectivity index (χ1n) is 7.45. The zero-order valence-corrected chi connectivity index (χ0v) is 12.6. The Morgan fingerprint density at radius 1 is 0.824 bits per heavy atom. The molecule has 17 heavy (non-hydrogen) atoms. The van der Waals surface area contributed by atoms with E-state index in [4.69, 9.17) is 0 Å². The molecule has 1 unspecified atom stereocenters. The lowest BCUT2D eigenvalue weighted by Crippen LogP contribution is -2.09. The predicted octanol–water partition coefficient (Wildman–Crippen LogP) is 5.39. The van der Waals surface area contributed by atoms with Crippen LogP contribution in [-0.4, -0.2) is 5.12 Å². The molecular formula is C15H30OS. The fourth-order valence-electron chi connectivity index (χ4n) is 2.20. The van der Waals surface area contributed by atoms with Gasteiger partial charge >= 0.3 is 0 Å². The molecule has 0 saturated heterocycles. The average Bonchev–Trinajstić information content (AvgIpc) is 2.31. The maximum absolute atomic E-state index is 11.4. The van der Waals surface area contributed by atoms with E-state index in [0.717, 1.165) is 12.8 Å². The molecular weight excluding hydrogens is 228 g/mol. The van der Waals surface area contributed by atoms with Crippen molar-refractivity contribution in [1.29, 1.82) is 0 Å². The van der Waals surface area contributed by atoms with Crippen molar-refractivity contribution in [2.45, 2.75) is 84.5 Å². The van der Waals surface area contributed by atoms with Crippen molar-refractivity contribution in [3.63, 3.8) is 0 Å². The fraction of sp³-hybridized carbons (Fsp3) is 0.933. The molecule has 2 heteroatoms. The van der Waals surface area contributed by atoms with Crippen molar-refractivity contribution in [2.75, 3.05) is 0 Å². The highest BCUT2D eigenvalue weighted by Crippen LogP contribution is 2.20. The van der Waals surface area contributed by atoms with E-state index in [2.05, 4.69) is 26.5 Å². The average molecular weight is 258 g/mol. The minimum atomic E-state index is 0.108. The Morgan fingerprint density at radius 2 is 1.24 bits per heavy atom. The Morgan fingerprint density at radius 3 is 1.65 bits per heavy atom. The summed E-state index contributed by atoms with van der Waals surface area (Å²) >= 11 is 4.02. The molecule has 0 aliphatic heterocycles. The van der Waals surface area contributed by atoms with Crippen molar-refractivity contribution < 1.29 is 4.79 Å². The largest absolute Gasteiger partial charge is 0.287 e. The summed E-state index contributed by atoms with van der Waals surface area (Å²) in [5, 5.41) is 0.108. The molecule has 1 atom stereocenters. The van der Waals surface area contributed by atoms with Crippen molar-refractivity contribution in [1.82, 2.24) is 0 Å². The van der Waals surface area contributed by atoms with Gasteiger partial charge in [0.1, 0.15) is 0 Å². The summed E-state index contributed by atoms with van der Waals surface area (Å²) in [5.74, 6) is 0.219. The van der Waals surface area contributed by atoms with Crippen molar-refractivity contribution in [3.05, 3.63) is 0 Å². The van der Waals surface area contributed by atoms with Crippen molar-refractivity contribution >= 4 is 17.7 Å². The number of unbranched alkanes of at least 4 members (excludes halogenated alkanes) is 7. The van der Waals surface area contributed by atoms with Crippen molar-refractivity contribution in [3.8, 4) is 0 Å². The van der Waals surface area contributed by atoms with E-state index in [1.54, 1.807) is 0 Å². The van der Waals surface area contributed by atoms with E-state index in [0.29, 0.717) is 0 Å². The monoisotopic (exact) mass is 258 g/mol. The van der Waals surface area contributed by atoms with Gasteiger partial charge in [0, 0.05) is 5.92 Å². The molecule has 0 fully saturated rings. The van der Waals surface area contributed by atoms with Crippen LogP contribution in [0.3, 0.4) is 0 Å². The number of rotatable bonds is 12. The topological polar surface area (TPSA) is 17.1 Å². The number of hydrogen-bond acceptors (Lipinski definition) is 1. The zero-order valence-electron chi connectivity index (χ0n) is 11.7. The number of carbonyl (C=O) groups excluding carboxylic acids is 1. The minimum Gasteiger partial charge on any atom is -0.287 e. The second kappa shape index (κ2) is 12.5.